The second-order valence-electron chi connectivity index (χ2n) is 3.70. The SMILES string of the molecule is CN1C(=O)c2cccc3c(O)ccc1c23. The standard InChI is InChI=1S/C12H9NO2/c1-13-9-5-6-10(14)7-3-2-4-8(11(7)9)12(13)15/h2-6,14H,1H3. The number of aromatic hydroxyl groups is 1. The molecule has 0 bridgehead atoms. The van der Waals surface area contributed by atoms with Crippen LogP contribution in [0.2, 0.25) is 0 Å². The fourth-order valence-electron chi connectivity index (χ4n) is 2.12. The van der Waals surface area contributed by atoms with Crippen molar-refractivity contribution in [3.05, 3.63) is 35.9 Å². The van der Waals surface area contributed by atoms with Crippen molar-refractivity contribution in [2.75, 3.05) is 11.9 Å². The van der Waals surface area contributed by atoms with Crippen LogP contribution in [0.4, 0.5) is 5.69 Å². The molecular weight excluding hydrogens is 190 g/mol. The number of hydrogen-bond acceptors (Lipinski definition) is 2. The maximum Gasteiger partial charge on any atom is 0.258 e. The molecule has 2 aromatic carbocycles. The molecule has 0 radical (unpaired) electrons. The monoisotopic (exact) mass is 199 g/mol. The summed E-state index contributed by atoms with van der Waals surface area (Å²) in [5.41, 5.74) is 1.53. The van der Waals surface area contributed by atoms with Crippen molar-refractivity contribution < 1.29 is 9.90 Å². The number of rotatable bonds is 0. The van der Waals surface area contributed by atoms with Crippen molar-refractivity contribution in [1.82, 2.24) is 0 Å². The van der Waals surface area contributed by atoms with Gasteiger partial charge in [-0.15, -0.1) is 0 Å². The molecular formula is C12H9NO2. The Morgan fingerprint density at radius 2 is 2.00 bits per heavy atom. The van der Waals surface area contributed by atoms with Gasteiger partial charge in [0.25, 0.3) is 5.91 Å². The van der Waals surface area contributed by atoms with Gasteiger partial charge in [0.2, 0.25) is 0 Å². The molecule has 1 heterocycles. The average Bonchev–Trinajstić information content (AvgIpc) is 2.50. The van der Waals surface area contributed by atoms with Gasteiger partial charge in [-0.3, -0.25) is 4.79 Å². The number of phenolic OH excluding ortho intramolecular Hbond substituents is 1. The van der Waals surface area contributed by atoms with Crippen LogP contribution in [0.15, 0.2) is 30.3 Å². The highest BCUT2D eigenvalue weighted by atomic mass is 16.3. The highest BCUT2D eigenvalue weighted by molar-refractivity contribution is 6.25. The first-order valence-electron chi connectivity index (χ1n) is 4.73. The number of hydrogen-bond donors (Lipinski definition) is 1. The second kappa shape index (κ2) is 2.51. The van der Waals surface area contributed by atoms with Gasteiger partial charge in [0.15, 0.2) is 0 Å². The summed E-state index contributed by atoms with van der Waals surface area (Å²) >= 11 is 0. The number of carbonyl (C=O) groups is 1. The number of amides is 1. The lowest BCUT2D eigenvalue weighted by Crippen LogP contribution is -2.20. The molecule has 0 aliphatic carbocycles. The normalized spacial score (nSPS) is 13.9. The van der Waals surface area contributed by atoms with E-state index in [-0.39, 0.29) is 11.7 Å². The van der Waals surface area contributed by atoms with Gasteiger partial charge in [0.05, 0.1) is 5.69 Å². The molecule has 1 amide bonds. The lowest BCUT2D eigenvalue weighted by Gasteiger charge is -2.09. The number of carbonyl (C=O) groups excluding carboxylic acids is 1. The Morgan fingerprint density at radius 3 is 2.80 bits per heavy atom. The van der Waals surface area contributed by atoms with E-state index in [0.717, 1.165) is 16.5 Å². The third-order valence-corrected chi connectivity index (χ3v) is 2.89. The minimum absolute atomic E-state index is 0.0128. The molecule has 74 valence electrons. The van der Waals surface area contributed by atoms with Crippen LogP contribution in [0, 0.1) is 0 Å². The van der Waals surface area contributed by atoms with E-state index in [1.165, 1.54) is 0 Å². The van der Waals surface area contributed by atoms with E-state index in [2.05, 4.69) is 0 Å². The minimum atomic E-state index is -0.0128. The Balaban J connectivity index is 2.56. The van der Waals surface area contributed by atoms with Crippen molar-refractivity contribution in [3.8, 4) is 5.75 Å². The third kappa shape index (κ3) is 0.871. The molecule has 1 aliphatic heterocycles. The predicted octanol–water partition coefficient (Wildman–Crippen LogP) is 2.14. The van der Waals surface area contributed by atoms with Crippen molar-refractivity contribution in [3.63, 3.8) is 0 Å². The molecule has 15 heavy (non-hydrogen) atoms. The highest BCUT2D eigenvalue weighted by Gasteiger charge is 2.27. The van der Waals surface area contributed by atoms with Gasteiger partial charge in [-0.25, -0.2) is 0 Å². The van der Waals surface area contributed by atoms with Crippen molar-refractivity contribution in [1.29, 1.82) is 0 Å². The van der Waals surface area contributed by atoms with Crippen molar-refractivity contribution in [2.24, 2.45) is 0 Å². The first kappa shape index (κ1) is 8.29. The fourth-order valence-corrected chi connectivity index (χ4v) is 2.12. The Hall–Kier alpha value is -2.03. The van der Waals surface area contributed by atoms with E-state index < -0.39 is 0 Å². The van der Waals surface area contributed by atoms with Gasteiger partial charge in [-0.1, -0.05) is 12.1 Å². The zero-order valence-electron chi connectivity index (χ0n) is 8.19. The van der Waals surface area contributed by atoms with Gasteiger partial charge >= 0.3 is 0 Å². The number of nitrogens with zero attached hydrogens (tertiary/aromatic N) is 1. The van der Waals surface area contributed by atoms with Crippen LogP contribution in [0.1, 0.15) is 10.4 Å². The lowest BCUT2D eigenvalue weighted by molar-refractivity contribution is 0.0999. The van der Waals surface area contributed by atoms with E-state index in [1.807, 2.05) is 6.07 Å². The van der Waals surface area contributed by atoms with Gasteiger partial charge in [-0.2, -0.15) is 0 Å². The quantitative estimate of drug-likeness (QED) is 0.706. The predicted molar refractivity (Wildman–Crippen MR) is 58.3 cm³/mol. The summed E-state index contributed by atoms with van der Waals surface area (Å²) < 4.78 is 0. The van der Waals surface area contributed by atoms with E-state index >= 15 is 0 Å². The maximum absolute atomic E-state index is 11.8. The maximum atomic E-state index is 11.8. The number of benzene rings is 2. The van der Waals surface area contributed by atoms with Crippen LogP contribution in [-0.4, -0.2) is 18.1 Å². The van der Waals surface area contributed by atoms with Gasteiger partial charge in [0, 0.05) is 23.4 Å². The summed E-state index contributed by atoms with van der Waals surface area (Å²) in [5.74, 6) is 0.208. The Bertz CT molecular complexity index is 589. The van der Waals surface area contributed by atoms with Crippen LogP contribution in [0.3, 0.4) is 0 Å². The van der Waals surface area contributed by atoms with E-state index in [4.69, 9.17) is 0 Å². The molecule has 1 aliphatic rings. The molecule has 0 saturated carbocycles. The van der Waals surface area contributed by atoms with Gasteiger partial charge in [0.1, 0.15) is 5.75 Å². The van der Waals surface area contributed by atoms with Crippen LogP contribution in [0.25, 0.3) is 10.8 Å². The fraction of sp³-hybridized carbons (Fsp3) is 0.0833. The lowest BCUT2D eigenvalue weighted by atomic mass is 10.0. The zero-order chi connectivity index (χ0) is 10.6. The summed E-state index contributed by atoms with van der Waals surface area (Å²) in [6, 6.07) is 8.79. The molecule has 0 saturated heterocycles. The van der Waals surface area contributed by atoms with Gasteiger partial charge in [-0.05, 0) is 18.2 Å². The molecule has 0 atom stereocenters. The van der Waals surface area contributed by atoms with Gasteiger partial charge < -0.3 is 10.0 Å². The summed E-state index contributed by atoms with van der Waals surface area (Å²) in [6.07, 6.45) is 0. The van der Waals surface area contributed by atoms with Crippen LogP contribution >= 0.6 is 0 Å². The molecule has 3 nitrogen and oxygen atoms in total. The van der Waals surface area contributed by atoms with Crippen LogP contribution in [-0.2, 0) is 0 Å². The minimum Gasteiger partial charge on any atom is -0.507 e. The first-order valence-corrected chi connectivity index (χ1v) is 4.73. The Labute approximate surface area is 86.6 Å². The molecule has 0 aromatic heterocycles. The molecule has 0 spiro atoms. The largest absolute Gasteiger partial charge is 0.507 e. The molecule has 2 aromatic rings. The van der Waals surface area contributed by atoms with Crippen molar-refractivity contribution >= 4 is 22.4 Å². The topological polar surface area (TPSA) is 40.5 Å². The number of phenols is 1. The summed E-state index contributed by atoms with van der Waals surface area (Å²) in [5, 5.41) is 11.3. The first-order chi connectivity index (χ1) is 7.20. The van der Waals surface area contributed by atoms with E-state index in [0.29, 0.717) is 5.56 Å². The second-order valence-corrected chi connectivity index (χ2v) is 3.70. The average molecular weight is 199 g/mol. The molecule has 1 N–H and O–H groups in total. The molecule has 3 heteroatoms. The molecule has 3 rings (SSSR count). The van der Waals surface area contributed by atoms with E-state index in [9.17, 15) is 9.90 Å². The number of anilines is 1. The van der Waals surface area contributed by atoms with Crippen LogP contribution in [0.5, 0.6) is 5.75 Å². The summed E-state index contributed by atoms with van der Waals surface area (Å²) in [6.45, 7) is 0. The summed E-state index contributed by atoms with van der Waals surface area (Å²) in [4.78, 5) is 13.4. The van der Waals surface area contributed by atoms with Crippen LogP contribution < -0.4 is 4.90 Å². The highest BCUT2D eigenvalue weighted by Crippen LogP contribution is 2.39. The third-order valence-electron chi connectivity index (χ3n) is 2.89. The zero-order valence-corrected chi connectivity index (χ0v) is 8.19. The Morgan fingerprint density at radius 1 is 1.20 bits per heavy atom. The smallest absolute Gasteiger partial charge is 0.258 e. The molecule has 0 fully saturated rings. The Kier molecular flexibility index (Phi) is 1.39. The van der Waals surface area contributed by atoms with Crippen molar-refractivity contribution in [2.45, 2.75) is 0 Å². The molecule has 0 unspecified atom stereocenters. The van der Waals surface area contributed by atoms with E-state index in [1.54, 1.807) is 36.2 Å². The summed E-state index contributed by atoms with van der Waals surface area (Å²) in [7, 11) is 1.74.